The van der Waals surface area contributed by atoms with Crippen molar-refractivity contribution in [3.63, 3.8) is 0 Å². The zero-order valence-corrected chi connectivity index (χ0v) is 16.1. The molecule has 1 saturated heterocycles. The van der Waals surface area contributed by atoms with Gasteiger partial charge in [-0.25, -0.2) is 9.78 Å². The fourth-order valence-corrected chi connectivity index (χ4v) is 3.84. The fraction of sp³-hybridized carbons (Fsp3) is 0.286. The van der Waals surface area contributed by atoms with Gasteiger partial charge in [-0.15, -0.1) is 0 Å². The Morgan fingerprint density at radius 3 is 2.75 bits per heavy atom. The summed E-state index contributed by atoms with van der Waals surface area (Å²) in [6.45, 7) is 2.82. The van der Waals surface area contributed by atoms with Gasteiger partial charge in [0.25, 0.3) is 0 Å². The summed E-state index contributed by atoms with van der Waals surface area (Å²) >= 11 is 6.01. The molecule has 1 fully saturated rings. The maximum atomic E-state index is 11.1. The van der Waals surface area contributed by atoms with E-state index in [0.717, 1.165) is 31.1 Å². The predicted molar refractivity (Wildman–Crippen MR) is 107 cm³/mol. The van der Waals surface area contributed by atoms with Crippen LogP contribution in [0.1, 0.15) is 34.8 Å². The van der Waals surface area contributed by atoms with Gasteiger partial charge in [0.05, 0.1) is 17.6 Å². The number of aromatic carboxylic acids is 1. The first-order chi connectivity index (χ1) is 13.6. The highest BCUT2D eigenvalue weighted by Crippen LogP contribution is 2.32. The number of nitrogens with zero attached hydrogens (tertiary/aromatic N) is 4. The highest BCUT2D eigenvalue weighted by Gasteiger charge is 2.25. The lowest BCUT2D eigenvalue weighted by atomic mass is 10.0. The fourth-order valence-electron chi connectivity index (χ4n) is 3.72. The number of carbonyl (C=O) groups is 1. The van der Waals surface area contributed by atoms with Crippen LogP contribution < -0.4 is 0 Å². The lowest BCUT2D eigenvalue weighted by Crippen LogP contribution is -2.27. The number of likely N-dealkylation sites (tertiary alicyclic amines) is 1. The summed E-state index contributed by atoms with van der Waals surface area (Å²) in [6.07, 6.45) is 7.54. The van der Waals surface area contributed by atoms with Gasteiger partial charge in [-0.2, -0.15) is 0 Å². The number of halogens is 1. The van der Waals surface area contributed by atoms with Gasteiger partial charge in [0.1, 0.15) is 5.69 Å². The van der Waals surface area contributed by atoms with Gasteiger partial charge in [0.15, 0.2) is 0 Å². The van der Waals surface area contributed by atoms with Crippen LogP contribution >= 0.6 is 11.6 Å². The minimum absolute atomic E-state index is 0.211. The van der Waals surface area contributed by atoms with Crippen LogP contribution in [0.3, 0.4) is 0 Å². The van der Waals surface area contributed by atoms with Crippen LogP contribution in [0.4, 0.5) is 0 Å². The summed E-state index contributed by atoms with van der Waals surface area (Å²) < 4.78 is 2.03. The number of rotatable bonds is 6. The number of carboxylic acids is 1. The second-order valence-electron chi connectivity index (χ2n) is 6.98. The Balaban J connectivity index is 1.42. The molecule has 1 unspecified atom stereocenters. The van der Waals surface area contributed by atoms with E-state index < -0.39 is 5.97 Å². The zero-order valence-electron chi connectivity index (χ0n) is 15.3. The van der Waals surface area contributed by atoms with Gasteiger partial charge in [-0.1, -0.05) is 23.7 Å². The molecule has 3 aromatic rings. The summed E-state index contributed by atoms with van der Waals surface area (Å²) in [5.74, 6) is -0.967. The first-order valence-corrected chi connectivity index (χ1v) is 9.69. The number of aromatic nitrogens is 3. The topological polar surface area (TPSA) is 71.2 Å². The third kappa shape index (κ3) is 4.08. The van der Waals surface area contributed by atoms with Crippen LogP contribution in [0.5, 0.6) is 0 Å². The molecule has 28 heavy (non-hydrogen) atoms. The molecule has 7 heteroatoms. The van der Waals surface area contributed by atoms with Gasteiger partial charge >= 0.3 is 5.97 Å². The van der Waals surface area contributed by atoms with Crippen LogP contribution in [0.15, 0.2) is 55.1 Å². The molecule has 0 aliphatic carbocycles. The van der Waals surface area contributed by atoms with E-state index in [1.807, 2.05) is 22.9 Å². The van der Waals surface area contributed by atoms with Crippen molar-refractivity contribution in [2.24, 2.45) is 0 Å². The molecular formula is C21H21ClN4O2. The first-order valence-electron chi connectivity index (χ1n) is 9.31. The van der Waals surface area contributed by atoms with E-state index in [1.165, 1.54) is 24.2 Å². The summed E-state index contributed by atoms with van der Waals surface area (Å²) in [7, 11) is 0. The Hall–Kier alpha value is -2.70. The number of imidazole rings is 1. The standard InChI is InChI=1S/C21H21ClN4O2/c22-17-5-3-15(4-6-17)20-2-1-9-26(20)11-10-25-13-19(24-14-25)18-12-16(21(27)28)7-8-23-18/h3-8,12-14,20H,1-2,9-11H2,(H,27,28). The number of hydrogen-bond acceptors (Lipinski definition) is 4. The molecule has 144 valence electrons. The first kappa shape index (κ1) is 18.7. The normalized spacial score (nSPS) is 17.1. The average molecular weight is 397 g/mol. The molecule has 1 aliphatic rings. The van der Waals surface area contributed by atoms with Gasteiger partial charge in [-0.3, -0.25) is 9.88 Å². The maximum Gasteiger partial charge on any atom is 0.335 e. The molecule has 0 radical (unpaired) electrons. The van der Waals surface area contributed by atoms with Gasteiger partial charge in [0, 0.05) is 36.5 Å². The summed E-state index contributed by atoms with van der Waals surface area (Å²) in [4.78, 5) is 22.3. The second-order valence-corrected chi connectivity index (χ2v) is 7.41. The van der Waals surface area contributed by atoms with E-state index >= 15 is 0 Å². The Kier molecular flexibility index (Phi) is 5.41. The quantitative estimate of drug-likeness (QED) is 0.678. The van der Waals surface area contributed by atoms with Crippen molar-refractivity contribution in [2.45, 2.75) is 25.4 Å². The molecule has 2 aromatic heterocycles. The number of hydrogen-bond donors (Lipinski definition) is 1. The molecular weight excluding hydrogens is 376 g/mol. The molecule has 0 saturated carbocycles. The second kappa shape index (κ2) is 8.12. The molecule has 3 heterocycles. The molecule has 0 amide bonds. The van der Waals surface area contributed by atoms with E-state index in [0.29, 0.717) is 17.4 Å². The SMILES string of the molecule is O=C(O)c1ccnc(-c2cn(CCN3CCCC3c3ccc(Cl)cc3)cn2)c1. The number of benzene rings is 1. The van der Waals surface area contributed by atoms with Crippen molar-refractivity contribution in [1.82, 2.24) is 19.4 Å². The lowest BCUT2D eigenvalue weighted by molar-refractivity contribution is 0.0697. The third-order valence-electron chi connectivity index (χ3n) is 5.17. The lowest BCUT2D eigenvalue weighted by Gasteiger charge is -2.25. The van der Waals surface area contributed by atoms with E-state index in [1.54, 1.807) is 12.4 Å². The Bertz CT molecular complexity index is 971. The van der Waals surface area contributed by atoms with Gasteiger partial charge in [0.2, 0.25) is 0 Å². The van der Waals surface area contributed by atoms with Crippen LogP contribution in [0, 0.1) is 0 Å². The van der Waals surface area contributed by atoms with Crippen molar-refractivity contribution < 1.29 is 9.90 Å². The van der Waals surface area contributed by atoms with Crippen LogP contribution in [0.25, 0.3) is 11.4 Å². The van der Waals surface area contributed by atoms with Crippen LogP contribution in [-0.4, -0.2) is 43.6 Å². The Labute approximate surface area is 168 Å². The minimum atomic E-state index is -0.967. The maximum absolute atomic E-state index is 11.1. The van der Waals surface area contributed by atoms with Gasteiger partial charge < -0.3 is 9.67 Å². The Morgan fingerprint density at radius 2 is 1.96 bits per heavy atom. The van der Waals surface area contributed by atoms with Crippen molar-refractivity contribution >= 4 is 17.6 Å². The van der Waals surface area contributed by atoms with E-state index in [-0.39, 0.29) is 5.56 Å². The predicted octanol–water partition coefficient (Wildman–Crippen LogP) is 4.13. The van der Waals surface area contributed by atoms with Crippen LogP contribution in [-0.2, 0) is 6.54 Å². The highest BCUT2D eigenvalue weighted by molar-refractivity contribution is 6.30. The average Bonchev–Trinajstić information content (AvgIpc) is 3.36. The number of pyridine rings is 1. The van der Waals surface area contributed by atoms with Crippen molar-refractivity contribution in [2.75, 3.05) is 13.1 Å². The summed E-state index contributed by atoms with van der Waals surface area (Å²) in [5, 5.41) is 9.90. The van der Waals surface area contributed by atoms with Crippen molar-refractivity contribution in [3.05, 3.63) is 71.3 Å². The number of carboxylic acid groups (broad SMARTS) is 1. The van der Waals surface area contributed by atoms with E-state index in [9.17, 15) is 4.79 Å². The molecule has 4 rings (SSSR count). The summed E-state index contributed by atoms with van der Waals surface area (Å²) in [5.41, 5.74) is 2.77. The molecule has 1 N–H and O–H groups in total. The smallest absolute Gasteiger partial charge is 0.335 e. The molecule has 1 aliphatic heterocycles. The molecule has 1 atom stereocenters. The van der Waals surface area contributed by atoms with Crippen molar-refractivity contribution in [1.29, 1.82) is 0 Å². The summed E-state index contributed by atoms with van der Waals surface area (Å²) in [6, 6.07) is 11.6. The molecule has 0 bridgehead atoms. The monoisotopic (exact) mass is 396 g/mol. The van der Waals surface area contributed by atoms with Crippen molar-refractivity contribution in [3.8, 4) is 11.4 Å². The molecule has 1 aromatic carbocycles. The van der Waals surface area contributed by atoms with Gasteiger partial charge in [-0.05, 0) is 49.2 Å². The van der Waals surface area contributed by atoms with E-state index in [2.05, 4.69) is 27.0 Å². The van der Waals surface area contributed by atoms with Crippen LogP contribution in [0.2, 0.25) is 5.02 Å². The highest BCUT2D eigenvalue weighted by atomic mass is 35.5. The molecule has 0 spiro atoms. The van der Waals surface area contributed by atoms with E-state index in [4.69, 9.17) is 16.7 Å². The third-order valence-corrected chi connectivity index (χ3v) is 5.42. The Morgan fingerprint density at radius 1 is 1.14 bits per heavy atom. The largest absolute Gasteiger partial charge is 0.478 e. The molecule has 6 nitrogen and oxygen atoms in total. The zero-order chi connectivity index (χ0) is 19.5. The minimum Gasteiger partial charge on any atom is -0.478 e.